The Morgan fingerprint density at radius 2 is 2.27 bits per heavy atom. The fraction of sp³-hybridized carbons (Fsp3) is 0.833. The van der Waals surface area contributed by atoms with E-state index >= 15 is 0 Å². The summed E-state index contributed by atoms with van der Waals surface area (Å²) in [7, 11) is 0. The van der Waals surface area contributed by atoms with Gasteiger partial charge in [-0.25, -0.2) is 0 Å². The fourth-order valence-electron chi connectivity index (χ4n) is 2.03. The van der Waals surface area contributed by atoms with Crippen LogP contribution < -0.4 is 0 Å². The van der Waals surface area contributed by atoms with Gasteiger partial charge in [-0.2, -0.15) is 5.26 Å². The van der Waals surface area contributed by atoms with Gasteiger partial charge in [0.2, 0.25) is 0 Å². The van der Waals surface area contributed by atoms with E-state index in [-0.39, 0.29) is 5.78 Å². The minimum atomic E-state index is -0.699. The Labute approximate surface area is 91.4 Å². The molecule has 0 radical (unpaired) electrons. The van der Waals surface area contributed by atoms with E-state index in [0.29, 0.717) is 18.9 Å². The number of carbonyl (C=O) groups is 1. The van der Waals surface area contributed by atoms with Gasteiger partial charge in [0, 0.05) is 6.61 Å². The quantitative estimate of drug-likeness (QED) is 0.714. The third-order valence-electron chi connectivity index (χ3n) is 2.92. The summed E-state index contributed by atoms with van der Waals surface area (Å²) in [5.74, 6) is -0.173. The molecular weight excluding hydrogens is 190 g/mol. The third kappa shape index (κ3) is 2.79. The van der Waals surface area contributed by atoms with Crippen molar-refractivity contribution in [2.45, 2.75) is 45.6 Å². The summed E-state index contributed by atoms with van der Waals surface area (Å²) in [6.45, 7) is 6.50. The van der Waals surface area contributed by atoms with Crippen LogP contribution in [0.3, 0.4) is 0 Å². The first-order valence-electron chi connectivity index (χ1n) is 5.57. The van der Waals surface area contributed by atoms with Crippen LogP contribution in [-0.2, 0) is 9.53 Å². The molecular formula is C12H19NO2. The van der Waals surface area contributed by atoms with Crippen LogP contribution in [0.2, 0.25) is 0 Å². The van der Waals surface area contributed by atoms with E-state index in [1.165, 1.54) is 0 Å². The lowest BCUT2D eigenvalue weighted by Crippen LogP contribution is -2.39. The third-order valence-corrected chi connectivity index (χ3v) is 2.92. The van der Waals surface area contributed by atoms with Gasteiger partial charge in [-0.15, -0.1) is 0 Å². The van der Waals surface area contributed by atoms with Crippen molar-refractivity contribution in [3.05, 3.63) is 0 Å². The highest BCUT2D eigenvalue weighted by molar-refractivity contribution is 5.91. The Morgan fingerprint density at radius 3 is 2.67 bits per heavy atom. The molecule has 2 atom stereocenters. The lowest BCUT2D eigenvalue weighted by Gasteiger charge is -2.24. The molecule has 1 saturated heterocycles. The van der Waals surface area contributed by atoms with E-state index in [9.17, 15) is 4.79 Å². The summed E-state index contributed by atoms with van der Waals surface area (Å²) < 4.78 is 5.47. The maximum atomic E-state index is 12.1. The summed E-state index contributed by atoms with van der Waals surface area (Å²) in [4.78, 5) is 12.1. The van der Waals surface area contributed by atoms with Crippen molar-refractivity contribution in [2.75, 3.05) is 6.61 Å². The highest BCUT2D eigenvalue weighted by atomic mass is 16.5. The molecule has 1 aliphatic heterocycles. The van der Waals surface area contributed by atoms with Gasteiger partial charge in [0.25, 0.3) is 0 Å². The molecule has 2 unspecified atom stereocenters. The van der Waals surface area contributed by atoms with Gasteiger partial charge >= 0.3 is 0 Å². The molecule has 3 nitrogen and oxygen atoms in total. The summed E-state index contributed by atoms with van der Waals surface area (Å²) >= 11 is 0. The predicted molar refractivity (Wildman–Crippen MR) is 57.2 cm³/mol. The summed E-state index contributed by atoms with van der Waals surface area (Å²) in [5.41, 5.74) is -0.699. The lowest BCUT2D eigenvalue weighted by atomic mass is 9.84. The van der Waals surface area contributed by atoms with Crippen LogP contribution in [0.1, 0.15) is 40.0 Å². The number of carbonyl (C=O) groups excluding carboxylic acids is 1. The van der Waals surface area contributed by atoms with E-state index in [1.54, 1.807) is 0 Å². The van der Waals surface area contributed by atoms with Crippen molar-refractivity contribution >= 4 is 5.78 Å². The molecule has 0 aromatic heterocycles. The number of hydrogen-bond donors (Lipinski definition) is 0. The molecule has 1 fully saturated rings. The zero-order chi connectivity index (χ0) is 11.5. The molecule has 0 aromatic carbocycles. The zero-order valence-electron chi connectivity index (χ0n) is 9.75. The molecule has 1 rings (SSSR count). The van der Waals surface area contributed by atoms with Crippen LogP contribution in [0, 0.1) is 23.2 Å². The van der Waals surface area contributed by atoms with Gasteiger partial charge in [0.05, 0.1) is 6.07 Å². The van der Waals surface area contributed by atoms with E-state index in [0.717, 1.165) is 12.8 Å². The van der Waals surface area contributed by atoms with Gasteiger partial charge in [-0.1, -0.05) is 13.8 Å². The van der Waals surface area contributed by atoms with Crippen molar-refractivity contribution in [3.63, 3.8) is 0 Å². The largest absolute Gasteiger partial charge is 0.367 e. The molecule has 1 heterocycles. The average molecular weight is 209 g/mol. The maximum absolute atomic E-state index is 12.1. The van der Waals surface area contributed by atoms with Crippen LogP contribution in [0.15, 0.2) is 0 Å². The van der Waals surface area contributed by atoms with E-state index in [1.807, 2.05) is 20.8 Å². The van der Waals surface area contributed by atoms with Gasteiger partial charge in [-0.3, -0.25) is 4.79 Å². The second kappa shape index (κ2) is 4.76. The van der Waals surface area contributed by atoms with Crippen LogP contribution in [-0.4, -0.2) is 18.0 Å². The minimum absolute atomic E-state index is 0.0313. The van der Waals surface area contributed by atoms with Crippen LogP contribution in [0.5, 0.6) is 0 Å². The topological polar surface area (TPSA) is 50.1 Å². The Bertz CT molecular complexity index is 272. The molecule has 15 heavy (non-hydrogen) atoms. The Morgan fingerprint density at radius 1 is 1.60 bits per heavy atom. The Kier molecular flexibility index (Phi) is 3.87. The number of ether oxygens (including phenoxy) is 1. The Hall–Kier alpha value is -0.880. The smallest absolute Gasteiger partial charge is 0.181 e. The fourth-order valence-corrected chi connectivity index (χ4v) is 2.03. The number of nitrogens with zero attached hydrogens (tertiary/aromatic N) is 1. The van der Waals surface area contributed by atoms with Gasteiger partial charge in [-0.05, 0) is 32.1 Å². The number of hydrogen-bond acceptors (Lipinski definition) is 3. The molecule has 0 N–H and O–H groups in total. The highest BCUT2D eigenvalue weighted by Crippen LogP contribution is 2.30. The zero-order valence-corrected chi connectivity index (χ0v) is 9.75. The monoisotopic (exact) mass is 209 g/mol. The minimum Gasteiger partial charge on any atom is -0.367 e. The second-order valence-corrected chi connectivity index (χ2v) is 4.86. The van der Waals surface area contributed by atoms with Crippen molar-refractivity contribution in [2.24, 2.45) is 11.8 Å². The van der Waals surface area contributed by atoms with Crippen molar-refractivity contribution in [1.29, 1.82) is 5.26 Å². The SMILES string of the molecule is CC(C)CC(C#N)C(=O)C1(C)CCCO1. The first-order chi connectivity index (χ1) is 6.99. The average Bonchev–Trinajstić information content (AvgIpc) is 2.61. The number of ketones is 1. The van der Waals surface area contributed by atoms with Crippen LogP contribution >= 0.6 is 0 Å². The molecule has 0 aliphatic carbocycles. The molecule has 0 spiro atoms. The van der Waals surface area contributed by atoms with Crippen molar-refractivity contribution < 1.29 is 9.53 Å². The summed E-state index contributed by atoms with van der Waals surface area (Å²) in [5, 5.41) is 8.99. The molecule has 0 amide bonds. The Balaban J connectivity index is 2.69. The molecule has 0 saturated carbocycles. The van der Waals surface area contributed by atoms with Gasteiger partial charge in [0.15, 0.2) is 5.78 Å². The van der Waals surface area contributed by atoms with Crippen LogP contribution in [0.4, 0.5) is 0 Å². The molecule has 3 heteroatoms. The highest BCUT2D eigenvalue weighted by Gasteiger charge is 2.41. The molecule has 0 aromatic rings. The van der Waals surface area contributed by atoms with Crippen molar-refractivity contribution in [1.82, 2.24) is 0 Å². The first kappa shape index (κ1) is 12.2. The lowest BCUT2D eigenvalue weighted by molar-refractivity contribution is -0.140. The van der Waals surface area contributed by atoms with Gasteiger partial charge < -0.3 is 4.74 Å². The second-order valence-electron chi connectivity index (χ2n) is 4.86. The summed E-state index contributed by atoms with van der Waals surface area (Å²) in [6, 6.07) is 2.11. The van der Waals surface area contributed by atoms with E-state index in [4.69, 9.17) is 10.00 Å². The van der Waals surface area contributed by atoms with Crippen molar-refractivity contribution in [3.8, 4) is 6.07 Å². The normalized spacial score (nSPS) is 27.7. The maximum Gasteiger partial charge on any atom is 0.181 e. The summed E-state index contributed by atoms with van der Waals surface area (Å²) in [6.07, 6.45) is 2.30. The van der Waals surface area contributed by atoms with E-state index in [2.05, 4.69) is 6.07 Å². The number of rotatable bonds is 4. The molecule has 1 aliphatic rings. The van der Waals surface area contributed by atoms with E-state index < -0.39 is 11.5 Å². The predicted octanol–water partition coefficient (Wildman–Crippen LogP) is 2.31. The number of Topliss-reactive ketones (excluding diaryl/α,β-unsaturated/α-hetero) is 1. The molecule has 0 bridgehead atoms. The standard InChI is InChI=1S/C12H19NO2/c1-9(2)7-10(8-13)11(14)12(3)5-4-6-15-12/h9-10H,4-7H2,1-3H3. The first-order valence-corrected chi connectivity index (χ1v) is 5.57. The molecule has 84 valence electrons. The van der Waals surface area contributed by atoms with Gasteiger partial charge in [0.1, 0.15) is 11.5 Å². The number of nitriles is 1. The van der Waals surface area contributed by atoms with Crippen LogP contribution in [0.25, 0.3) is 0 Å².